The van der Waals surface area contributed by atoms with Crippen LogP contribution in [0.5, 0.6) is 0 Å². The van der Waals surface area contributed by atoms with Gasteiger partial charge in [-0.2, -0.15) is 5.10 Å². The fourth-order valence-corrected chi connectivity index (χ4v) is 2.53. The lowest BCUT2D eigenvalue weighted by Crippen LogP contribution is -2.22. The number of aromatic nitrogens is 3. The average molecular weight is 217 g/mol. The SMILES string of the molecule is CS(=O)C1(Cn2cn[nH]c2=S)CC1. The van der Waals surface area contributed by atoms with E-state index in [1.54, 1.807) is 12.6 Å². The Bertz CT molecular complexity index is 390. The molecular weight excluding hydrogens is 206 g/mol. The molecule has 1 saturated carbocycles. The van der Waals surface area contributed by atoms with Crippen LogP contribution >= 0.6 is 12.2 Å². The van der Waals surface area contributed by atoms with Gasteiger partial charge in [-0.1, -0.05) is 0 Å². The van der Waals surface area contributed by atoms with Crippen molar-refractivity contribution in [2.75, 3.05) is 6.26 Å². The van der Waals surface area contributed by atoms with Crippen molar-refractivity contribution in [3.63, 3.8) is 0 Å². The van der Waals surface area contributed by atoms with Gasteiger partial charge in [0.15, 0.2) is 4.77 Å². The first-order valence-electron chi connectivity index (χ1n) is 4.07. The molecule has 1 atom stereocenters. The summed E-state index contributed by atoms with van der Waals surface area (Å²) in [4.78, 5) is 0. The van der Waals surface area contributed by atoms with Gasteiger partial charge in [0.05, 0.1) is 4.75 Å². The van der Waals surface area contributed by atoms with Gasteiger partial charge < -0.3 is 4.57 Å². The third-order valence-electron chi connectivity index (χ3n) is 2.49. The van der Waals surface area contributed by atoms with Crippen LogP contribution in [-0.2, 0) is 17.3 Å². The molecule has 4 nitrogen and oxygen atoms in total. The smallest absolute Gasteiger partial charge is 0.194 e. The van der Waals surface area contributed by atoms with Crippen LogP contribution in [0.3, 0.4) is 0 Å². The second kappa shape index (κ2) is 3.02. The van der Waals surface area contributed by atoms with E-state index in [0.29, 0.717) is 4.77 Å². The summed E-state index contributed by atoms with van der Waals surface area (Å²) in [7, 11) is -0.766. The molecule has 0 amide bonds. The van der Waals surface area contributed by atoms with Crippen LogP contribution in [0.1, 0.15) is 12.8 Å². The maximum Gasteiger partial charge on any atom is 0.194 e. The van der Waals surface area contributed by atoms with E-state index < -0.39 is 10.8 Å². The highest BCUT2D eigenvalue weighted by molar-refractivity contribution is 7.86. The highest BCUT2D eigenvalue weighted by Crippen LogP contribution is 2.42. The summed E-state index contributed by atoms with van der Waals surface area (Å²) in [5.41, 5.74) is 0. The maximum absolute atomic E-state index is 11.4. The van der Waals surface area contributed by atoms with Crippen molar-refractivity contribution in [3.05, 3.63) is 11.1 Å². The summed E-state index contributed by atoms with van der Waals surface area (Å²) in [6, 6.07) is 0. The van der Waals surface area contributed by atoms with Crippen molar-refractivity contribution in [1.82, 2.24) is 14.8 Å². The molecule has 0 aromatic carbocycles. The lowest BCUT2D eigenvalue weighted by molar-refractivity contribution is 0.615. The molecule has 0 spiro atoms. The Morgan fingerprint density at radius 2 is 2.54 bits per heavy atom. The molecule has 6 heteroatoms. The largest absolute Gasteiger partial charge is 0.305 e. The van der Waals surface area contributed by atoms with Crippen molar-refractivity contribution >= 4 is 23.0 Å². The molecule has 1 heterocycles. The van der Waals surface area contributed by atoms with E-state index in [1.807, 2.05) is 4.57 Å². The van der Waals surface area contributed by atoms with Gasteiger partial charge in [0.1, 0.15) is 6.33 Å². The summed E-state index contributed by atoms with van der Waals surface area (Å²) in [6.07, 6.45) is 5.48. The van der Waals surface area contributed by atoms with Crippen LogP contribution in [-0.4, -0.2) is 30.0 Å². The zero-order valence-corrected chi connectivity index (χ0v) is 8.95. The number of nitrogens with zero attached hydrogens (tertiary/aromatic N) is 2. The van der Waals surface area contributed by atoms with Crippen LogP contribution in [0.15, 0.2) is 6.33 Å². The Kier molecular flexibility index (Phi) is 2.11. The van der Waals surface area contributed by atoms with Crippen molar-refractivity contribution in [3.8, 4) is 0 Å². The summed E-state index contributed by atoms with van der Waals surface area (Å²) < 4.78 is 13.8. The Morgan fingerprint density at radius 3 is 2.92 bits per heavy atom. The molecule has 1 fully saturated rings. The minimum atomic E-state index is -0.766. The molecule has 0 bridgehead atoms. The number of hydrogen-bond acceptors (Lipinski definition) is 3. The van der Waals surface area contributed by atoms with Gasteiger partial charge in [-0.25, -0.2) is 0 Å². The first-order chi connectivity index (χ1) is 6.14. The van der Waals surface area contributed by atoms with Gasteiger partial charge in [-0.15, -0.1) is 0 Å². The maximum atomic E-state index is 11.4. The van der Waals surface area contributed by atoms with Gasteiger partial charge in [-0.3, -0.25) is 9.31 Å². The summed E-state index contributed by atoms with van der Waals surface area (Å²) in [5, 5.41) is 6.51. The fraction of sp³-hybridized carbons (Fsp3) is 0.714. The molecule has 13 heavy (non-hydrogen) atoms. The van der Waals surface area contributed by atoms with Crippen molar-refractivity contribution in [2.45, 2.75) is 24.1 Å². The van der Waals surface area contributed by atoms with Crippen molar-refractivity contribution in [2.24, 2.45) is 0 Å². The van der Waals surface area contributed by atoms with Gasteiger partial charge in [0.2, 0.25) is 0 Å². The third kappa shape index (κ3) is 1.60. The summed E-state index contributed by atoms with van der Waals surface area (Å²) >= 11 is 5.01. The molecule has 1 aliphatic rings. The number of H-pyrrole nitrogens is 1. The topological polar surface area (TPSA) is 50.7 Å². The first kappa shape index (κ1) is 9.08. The molecule has 1 aromatic heterocycles. The average Bonchev–Trinajstić information content (AvgIpc) is 2.74. The number of nitrogens with one attached hydrogen (secondary N) is 1. The third-order valence-corrected chi connectivity index (χ3v) is 4.58. The standard InChI is InChI=1S/C7H11N3OS2/c1-13(11)7(2-3-7)4-10-5-8-9-6(10)12/h5H,2-4H2,1H3,(H,9,12). The number of hydrogen-bond donors (Lipinski definition) is 1. The second-order valence-corrected chi connectivity index (χ2v) is 5.59. The molecular formula is C7H11N3OS2. The zero-order valence-electron chi connectivity index (χ0n) is 7.32. The fourth-order valence-electron chi connectivity index (χ4n) is 1.37. The van der Waals surface area contributed by atoms with E-state index in [4.69, 9.17) is 12.2 Å². The highest BCUT2D eigenvalue weighted by Gasteiger charge is 2.47. The van der Waals surface area contributed by atoms with E-state index in [1.165, 1.54) is 0 Å². The lowest BCUT2D eigenvalue weighted by Gasteiger charge is -2.11. The van der Waals surface area contributed by atoms with Crippen molar-refractivity contribution in [1.29, 1.82) is 0 Å². The van der Waals surface area contributed by atoms with Crippen LogP contribution in [0.2, 0.25) is 0 Å². The van der Waals surface area contributed by atoms with E-state index in [9.17, 15) is 4.21 Å². The lowest BCUT2D eigenvalue weighted by atomic mass is 10.4. The van der Waals surface area contributed by atoms with Crippen LogP contribution < -0.4 is 0 Å². The van der Waals surface area contributed by atoms with E-state index >= 15 is 0 Å². The number of aromatic amines is 1. The first-order valence-corrected chi connectivity index (χ1v) is 6.04. The van der Waals surface area contributed by atoms with Gasteiger partial charge in [0, 0.05) is 23.6 Å². The molecule has 0 aliphatic heterocycles. The number of rotatable bonds is 3. The highest BCUT2D eigenvalue weighted by atomic mass is 32.2. The van der Waals surface area contributed by atoms with Crippen LogP contribution in [0.25, 0.3) is 0 Å². The van der Waals surface area contributed by atoms with E-state index in [0.717, 1.165) is 19.4 Å². The Balaban J connectivity index is 2.20. The van der Waals surface area contributed by atoms with Crippen LogP contribution in [0.4, 0.5) is 0 Å². The molecule has 0 saturated heterocycles. The quantitative estimate of drug-likeness (QED) is 0.764. The molecule has 1 aliphatic carbocycles. The Labute approximate surface area is 83.8 Å². The zero-order chi connectivity index (χ0) is 9.47. The van der Waals surface area contributed by atoms with Crippen LogP contribution in [0, 0.1) is 4.77 Å². The van der Waals surface area contributed by atoms with Crippen molar-refractivity contribution < 1.29 is 4.21 Å². The molecule has 1 unspecified atom stereocenters. The summed E-state index contributed by atoms with van der Waals surface area (Å²) in [5.74, 6) is 0. The minimum Gasteiger partial charge on any atom is -0.305 e. The predicted molar refractivity (Wildman–Crippen MR) is 53.4 cm³/mol. The molecule has 0 radical (unpaired) electrons. The van der Waals surface area contributed by atoms with Gasteiger partial charge >= 0.3 is 0 Å². The monoisotopic (exact) mass is 217 g/mol. The molecule has 1 aromatic rings. The Hall–Kier alpha value is -0.490. The summed E-state index contributed by atoms with van der Waals surface area (Å²) in [6.45, 7) is 0.728. The minimum absolute atomic E-state index is 0.0257. The normalized spacial score (nSPS) is 21.3. The Morgan fingerprint density at radius 1 is 1.85 bits per heavy atom. The van der Waals surface area contributed by atoms with E-state index in [2.05, 4.69) is 10.2 Å². The van der Waals surface area contributed by atoms with E-state index in [-0.39, 0.29) is 4.75 Å². The van der Waals surface area contributed by atoms with Gasteiger partial charge in [0.25, 0.3) is 0 Å². The second-order valence-electron chi connectivity index (χ2n) is 3.43. The molecule has 2 rings (SSSR count). The predicted octanol–water partition coefficient (Wildman–Crippen LogP) is 0.852. The van der Waals surface area contributed by atoms with Gasteiger partial charge in [-0.05, 0) is 25.1 Å². The molecule has 1 N–H and O–H groups in total. The molecule has 72 valence electrons.